The van der Waals surface area contributed by atoms with Gasteiger partial charge in [0.2, 0.25) is 0 Å². The molecule has 0 radical (unpaired) electrons. The number of hydrogen-bond acceptors (Lipinski definition) is 2. The van der Waals surface area contributed by atoms with E-state index in [1.165, 1.54) is 10.8 Å². The second kappa shape index (κ2) is 6.03. The van der Waals surface area contributed by atoms with Crippen LogP contribution in [0.25, 0.3) is 21.9 Å². The monoisotopic (exact) mass is 348 g/mol. The third-order valence-electron chi connectivity index (χ3n) is 5.33. The van der Waals surface area contributed by atoms with Crippen LogP contribution >= 0.6 is 0 Å². The van der Waals surface area contributed by atoms with Gasteiger partial charge >= 0.3 is 0 Å². The molecule has 0 unspecified atom stereocenters. The molecule has 1 aliphatic carbocycles. The standard InChI is InChI=1S/C25H16O2/c26-24-21-9-3-4-10-22(21)25(27)23(24)18-14-12-17(13-15-18)20-11-5-7-16-6-1-2-8-19(16)20/h1-15,23H. The maximum atomic E-state index is 12.7. The van der Waals surface area contributed by atoms with Crippen LogP contribution in [0.3, 0.4) is 0 Å². The first kappa shape index (κ1) is 15.7. The van der Waals surface area contributed by atoms with Gasteiger partial charge in [-0.3, -0.25) is 9.59 Å². The molecule has 0 N–H and O–H groups in total. The van der Waals surface area contributed by atoms with Crippen molar-refractivity contribution in [1.29, 1.82) is 0 Å². The summed E-state index contributed by atoms with van der Waals surface area (Å²) < 4.78 is 0. The average Bonchev–Trinajstić information content (AvgIpc) is 2.98. The molecule has 4 aromatic carbocycles. The summed E-state index contributed by atoms with van der Waals surface area (Å²) >= 11 is 0. The Morgan fingerprint density at radius 3 is 1.78 bits per heavy atom. The van der Waals surface area contributed by atoms with Gasteiger partial charge in [0.1, 0.15) is 5.92 Å². The molecule has 0 amide bonds. The Bertz CT molecular complexity index is 1160. The van der Waals surface area contributed by atoms with Crippen LogP contribution in [0.1, 0.15) is 32.2 Å². The van der Waals surface area contributed by atoms with E-state index >= 15 is 0 Å². The van der Waals surface area contributed by atoms with E-state index in [1.807, 2.05) is 42.5 Å². The highest BCUT2D eigenvalue weighted by Crippen LogP contribution is 2.35. The highest BCUT2D eigenvalue weighted by atomic mass is 16.2. The summed E-state index contributed by atoms with van der Waals surface area (Å²) in [6, 6.07) is 29.4. The fraction of sp³-hybridized carbons (Fsp3) is 0.0400. The third kappa shape index (κ3) is 2.42. The lowest BCUT2D eigenvalue weighted by Crippen LogP contribution is -2.12. The minimum Gasteiger partial charge on any atom is -0.293 e. The normalized spacial score (nSPS) is 13.9. The number of fused-ring (bicyclic) bond motifs is 2. The van der Waals surface area contributed by atoms with Crippen LogP contribution in [0.2, 0.25) is 0 Å². The van der Waals surface area contributed by atoms with Crippen molar-refractivity contribution < 1.29 is 9.59 Å². The lowest BCUT2D eigenvalue weighted by atomic mass is 9.91. The van der Waals surface area contributed by atoms with Gasteiger partial charge in [-0.15, -0.1) is 0 Å². The Hall–Kier alpha value is -3.52. The number of ketones is 2. The fourth-order valence-corrected chi connectivity index (χ4v) is 3.98. The summed E-state index contributed by atoms with van der Waals surface area (Å²) in [5.74, 6) is -0.925. The topological polar surface area (TPSA) is 34.1 Å². The number of carbonyl (C=O) groups excluding carboxylic acids is 2. The lowest BCUT2D eigenvalue weighted by molar-refractivity contribution is 0.0890. The van der Waals surface area contributed by atoms with Crippen molar-refractivity contribution in [3.8, 4) is 11.1 Å². The quantitative estimate of drug-likeness (QED) is 0.437. The van der Waals surface area contributed by atoms with Gasteiger partial charge in [-0.05, 0) is 27.5 Å². The molecule has 0 bridgehead atoms. The molecule has 2 heteroatoms. The van der Waals surface area contributed by atoms with Gasteiger partial charge in [-0.2, -0.15) is 0 Å². The number of hydrogen-bond donors (Lipinski definition) is 0. The Kier molecular flexibility index (Phi) is 3.51. The molecule has 2 nitrogen and oxygen atoms in total. The fourth-order valence-electron chi connectivity index (χ4n) is 3.98. The third-order valence-corrected chi connectivity index (χ3v) is 5.33. The van der Waals surface area contributed by atoms with Crippen molar-refractivity contribution in [2.24, 2.45) is 0 Å². The van der Waals surface area contributed by atoms with Gasteiger partial charge < -0.3 is 0 Å². The maximum absolute atomic E-state index is 12.7. The van der Waals surface area contributed by atoms with Gasteiger partial charge in [-0.1, -0.05) is 91.0 Å². The number of Topliss-reactive ketones (excluding diaryl/α,β-unsaturated/α-hetero) is 2. The molecule has 5 rings (SSSR count). The molecule has 0 saturated heterocycles. The molecule has 128 valence electrons. The summed E-state index contributed by atoms with van der Waals surface area (Å²) in [5.41, 5.74) is 4.04. The first-order valence-corrected chi connectivity index (χ1v) is 8.99. The molecule has 0 heterocycles. The summed E-state index contributed by atoms with van der Waals surface area (Å²) in [6.45, 7) is 0. The summed E-state index contributed by atoms with van der Waals surface area (Å²) in [7, 11) is 0. The molecule has 0 aromatic heterocycles. The van der Waals surface area contributed by atoms with Crippen molar-refractivity contribution in [2.45, 2.75) is 5.92 Å². The highest BCUT2D eigenvalue weighted by Gasteiger charge is 2.39. The van der Waals surface area contributed by atoms with E-state index in [9.17, 15) is 9.59 Å². The van der Waals surface area contributed by atoms with E-state index in [0.29, 0.717) is 11.1 Å². The highest BCUT2D eigenvalue weighted by molar-refractivity contribution is 6.29. The first-order valence-electron chi connectivity index (χ1n) is 8.99. The molecule has 0 aliphatic heterocycles. The molecule has 27 heavy (non-hydrogen) atoms. The predicted molar refractivity (Wildman–Crippen MR) is 107 cm³/mol. The second-order valence-corrected chi connectivity index (χ2v) is 6.86. The van der Waals surface area contributed by atoms with Crippen molar-refractivity contribution in [1.82, 2.24) is 0 Å². The largest absolute Gasteiger partial charge is 0.293 e. The molecule has 0 fully saturated rings. The molecule has 1 aliphatic rings. The van der Waals surface area contributed by atoms with Gasteiger partial charge in [0.25, 0.3) is 0 Å². The van der Waals surface area contributed by atoms with Crippen molar-refractivity contribution in [2.75, 3.05) is 0 Å². The van der Waals surface area contributed by atoms with Gasteiger partial charge in [0.15, 0.2) is 11.6 Å². The maximum Gasteiger partial charge on any atom is 0.178 e. The van der Waals surface area contributed by atoms with E-state index < -0.39 is 5.92 Å². The van der Waals surface area contributed by atoms with Crippen LogP contribution in [0.15, 0.2) is 91.0 Å². The van der Waals surface area contributed by atoms with Crippen LogP contribution in [0.5, 0.6) is 0 Å². The number of carbonyl (C=O) groups is 2. The number of rotatable bonds is 2. The summed E-state index contributed by atoms with van der Waals surface area (Å²) in [6.07, 6.45) is 0. The molecular formula is C25H16O2. The minimum absolute atomic E-state index is 0.103. The van der Waals surface area contributed by atoms with Crippen LogP contribution in [-0.2, 0) is 0 Å². The van der Waals surface area contributed by atoms with Crippen molar-refractivity contribution >= 4 is 22.3 Å². The Labute approximate surface area is 157 Å². The van der Waals surface area contributed by atoms with E-state index in [0.717, 1.165) is 16.7 Å². The van der Waals surface area contributed by atoms with E-state index in [-0.39, 0.29) is 11.6 Å². The van der Waals surface area contributed by atoms with E-state index in [2.05, 4.69) is 24.3 Å². The van der Waals surface area contributed by atoms with Crippen molar-refractivity contribution in [3.05, 3.63) is 108 Å². The summed E-state index contributed by atoms with van der Waals surface area (Å²) in [5, 5.41) is 2.38. The zero-order valence-corrected chi connectivity index (χ0v) is 14.6. The van der Waals surface area contributed by atoms with Crippen LogP contribution < -0.4 is 0 Å². The van der Waals surface area contributed by atoms with Crippen LogP contribution in [0, 0.1) is 0 Å². The lowest BCUT2D eigenvalue weighted by Gasteiger charge is -2.10. The Morgan fingerprint density at radius 1 is 0.519 bits per heavy atom. The van der Waals surface area contributed by atoms with Gasteiger partial charge in [-0.25, -0.2) is 0 Å². The minimum atomic E-state index is -0.719. The SMILES string of the molecule is O=C1c2ccccc2C(=O)C1c1ccc(-c2cccc3ccccc23)cc1. The van der Waals surface area contributed by atoms with E-state index in [4.69, 9.17) is 0 Å². The second-order valence-electron chi connectivity index (χ2n) is 6.86. The smallest absolute Gasteiger partial charge is 0.178 e. The Balaban J connectivity index is 1.55. The zero-order chi connectivity index (χ0) is 18.4. The zero-order valence-electron chi connectivity index (χ0n) is 14.6. The Morgan fingerprint density at radius 2 is 1.07 bits per heavy atom. The molecule has 0 saturated carbocycles. The van der Waals surface area contributed by atoms with Crippen LogP contribution in [-0.4, -0.2) is 11.6 Å². The molecular weight excluding hydrogens is 332 g/mol. The number of benzene rings is 4. The molecule has 0 atom stereocenters. The predicted octanol–water partition coefficient (Wildman–Crippen LogP) is 5.67. The first-order chi connectivity index (χ1) is 13.2. The van der Waals surface area contributed by atoms with Crippen molar-refractivity contribution in [3.63, 3.8) is 0 Å². The van der Waals surface area contributed by atoms with Crippen LogP contribution in [0.4, 0.5) is 0 Å². The average molecular weight is 348 g/mol. The van der Waals surface area contributed by atoms with Gasteiger partial charge in [0.05, 0.1) is 0 Å². The molecule has 0 spiro atoms. The molecule has 4 aromatic rings. The van der Waals surface area contributed by atoms with E-state index in [1.54, 1.807) is 24.3 Å². The van der Waals surface area contributed by atoms with Gasteiger partial charge in [0, 0.05) is 11.1 Å². The summed E-state index contributed by atoms with van der Waals surface area (Å²) in [4.78, 5) is 25.4.